The maximum atomic E-state index is 12.2. The van der Waals surface area contributed by atoms with Crippen molar-refractivity contribution in [2.45, 2.75) is 25.3 Å². The third-order valence-electron chi connectivity index (χ3n) is 2.57. The van der Waals surface area contributed by atoms with Crippen LogP contribution < -0.4 is 0 Å². The van der Waals surface area contributed by atoms with Crippen LogP contribution in [0.15, 0.2) is 42.5 Å². The van der Waals surface area contributed by atoms with Gasteiger partial charge in [-0.15, -0.1) is 0 Å². The maximum absolute atomic E-state index is 12.2. The van der Waals surface area contributed by atoms with Gasteiger partial charge in [0.15, 0.2) is 0 Å². The minimum absolute atomic E-state index is 0.0770. The molecule has 0 saturated carbocycles. The van der Waals surface area contributed by atoms with Crippen LogP contribution in [0.1, 0.15) is 12.0 Å². The van der Waals surface area contributed by atoms with Crippen molar-refractivity contribution in [1.29, 1.82) is 0 Å². The Morgan fingerprint density at radius 2 is 1.95 bits per heavy atom. The van der Waals surface area contributed by atoms with Crippen LogP contribution in [-0.4, -0.2) is 30.7 Å². The number of hydrogen-bond donors (Lipinski definition) is 0. The number of hydrogen-bond acceptors (Lipinski definition) is 3. The first-order valence-electron chi connectivity index (χ1n) is 6.54. The number of alkyl halides is 3. The lowest BCUT2D eigenvalue weighted by molar-refractivity contribution is -0.117. The van der Waals surface area contributed by atoms with Gasteiger partial charge in [0.1, 0.15) is 6.61 Å². The summed E-state index contributed by atoms with van der Waals surface area (Å²) in [6.07, 6.45) is -4.21. The number of ether oxygens (including phenoxy) is 2. The molecule has 0 unspecified atom stereocenters. The molecular formula is C15H16ClF3O3. The Balaban J connectivity index is 2.39. The lowest BCUT2D eigenvalue weighted by Gasteiger charge is -2.13. The standard InChI is InChI=1S/C15H16ClF3O3/c16-14(20)11-22-13(6-8-15(17,18)19)7-9-21-10-12-4-2-1-3-5-12/h1-6,8,13H,7,9-11H2/b8-6-/t13-/m1/s1. The fraction of sp³-hybridized carbons (Fsp3) is 0.400. The van der Waals surface area contributed by atoms with E-state index in [2.05, 4.69) is 0 Å². The van der Waals surface area contributed by atoms with Gasteiger partial charge in [-0.1, -0.05) is 36.4 Å². The molecule has 0 bridgehead atoms. The quantitative estimate of drug-likeness (QED) is 0.390. The van der Waals surface area contributed by atoms with E-state index in [1.54, 1.807) is 0 Å². The minimum atomic E-state index is -4.43. The van der Waals surface area contributed by atoms with E-state index in [0.29, 0.717) is 6.61 Å². The average Bonchev–Trinajstić information content (AvgIpc) is 2.45. The Kier molecular flexibility index (Phi) is 8.16. The molecule has 0 aliphatic rings. The van der Waals surface area contributed by atoms with E-state index in [1.165, 1.54) is 0 Å². The predicted molar refractivity (Wildman–Crippen MR) is 76.5 cm³/mol. The smallest absolute Gasteiger partial charge is 0.377 e. The minimum Gasteiger partial charge on any atom is -0.377 e. The number of carbonyl (C=O) groups is 1. The molecule has 3 nitrogen and oxygen atoms in total. The first-order chi connectivity index (χ1) is 10.4. The summed E-state index contributed by atoms with van der Waals surface area (Å²) in [7, 11) is 0. The molecule has 122 valence electrons. The van der Waals surface area contributed by atoms with Gasteiger partial charge in [0, 0.05) is 19.1 Å². The molecule has 0 saturated heterocycles. The van der Waals surface area contributed by atoms with E-state index in [1.807, 2.05) is 30.3 Å². The average molecular weight is 337 g/mol. The van der Waals surface area contributed by atoms with Gasteiger partial charge >= 0.3 is 6.18 Å². The van der Waals surface area contributed by atoms with Crippen molar-refractivity contribution >= 4 is 16.8 Å². The largest absolute Gasteiger partial charge is 0.409 e. The zero-order chi connectivity index (χ0) is 16.4. The monoisotopic (exact) mass is 336 g/mol. The number of benzene rings is 1. The Bertz CT molecular complexity index is 475. The van der Waals surface area contributed by atoms with E-state index < -0.39 is 24.1 Å². The van der Waals surface area contributed by atoms with Crippen LogP contribution in [0, 0.1) is 0 Å². The summed E-state index contributed by atoms with van der Waals surface area (Å²) in [6, 6.07) is 9.36. The number of carbonyl (C=O) groups excluding carboxylic acids is 1. The van der Waals surface area contributed by atoms with Crippen LogP contribution in [-0.2, 0) is 20.9 Å². The summed E-state index contributed by atoms with van der Waals surface area (Å²) >= 11 is 5.11. The van der Waals surface area contributed by atoms with Gasteiger partial charge in [-0.3, -0.25) is 4.79 Å². The molecular weight excluding hydrogens is 321 g/mol. The highest BCUT2D eigenvalue weighted by Crippen LogP contribution is 2.17. The Hall–Kier alpha value is -1.37. The molecule has 7 heteroatoms. The molecule has 0 fully saturated rings. The first-order valence-corrected chi connectivity index (χ1v) is 6.92. The van der Waals surface area contributed by atoms with Crippen LogP contribution >= 0.6 is 11.6 Å². The topological polar surface area (TPSA) is 35.5 Å². The van der Waals surface area contributed by atoms with Crippen LogP contribution in [0.3, 0.4) is 0 Å². The molecule has 0 aliphatic carbocycles. The summed E-state index contributed by atoms with van der Waals surface area (Å²) in [6.45, 7) is 0.0936. The molecule has 0 amide bonds. The summed E-state index contributed by atoms with van der Waals surface area (Å²) in [5.41, 5.74) is 0.960. The molecule has 0 N–H and O–H groups in total. The third-order valence-corrected chi connectivity index (χ3v) is 2.68. The molecule has 1 atom stereocenters. The number of halogens is 4. The third kappa shape index (κ3) is 9.55. The fourth-order valence-electron chi connectivity index (χ4n) is 1.59. The van der Waals surface area contributed by atoms with E-state index in [4.69, 9.17) is 21.1 Å². The van der Waals surface area contributed by atoms with E-state index in [-0.39, 0.29) is 19.1 Å². The Labute approximate surface area is 131 Å². The molecule has 1 aromatic carbocycles. The zero-order valence-electron chi connectivity index (χ0n) is 11.7. The molecule has 0 spiro atoms. The molecule has 0 radical (unpaired) electrons. The van der Waals surface area contributed by atoms with Crippen molar-refractivity contribution in [3.8, 4) is 0 Å². The van der Waals surface area contributed by atoms with Crippen molar-refractivity contribution in [2.24, 2.45) is 0 Å². The summed E-state index contributed by atoms with van der Waals surface area (Å²) in [5, 5.41) is -0.768. The second kappa shape index (κ2) is 9.61. The van der Waals surface area contributed by atoms with Gasteiger partial charge in [-0.25, -0.2) is 0 Å². The lowest BCUT2D eigenvalue weighted by atomic mass is 10.2. The van der Waals surface area contributed by atoms with Gasteiger partial charge in [0.05, 0.1) is 12.7 Å². The van der Waals surface area contributed by atoms with Gasteiger partial charge in [0.25, 0.3) is 0 Å². The lowest BCUT2D eigenvalue weighted by Crippen LogP contribution is -2.17. The summed E-state index contributed by atoms with van der Waals surface area (Å²) in [4.78, 5) is 10.6. The molecule has 0 heterocycles. The van der Waals surface area contributed by atoms with Gasteiger partial charge in [-0.05, 0) is 17.2 Å². The molecule has 0 aliphatic heterocycles. The number of rotatable bonds is 9. The van der Waals surface area contributed by atoms with E-state index in [0.717, 1.165) is 11.6 Å². The van der Waals surface area contributed by atoms with Gasteiger partial charge < -0.3 is 9.47 Å². The van der Waals surface area contributed by atoms with Crippen molar-refractivity contribution in [1.82, 2.24) is 0 Å². The highest BCUT2D eigenvalue weighted by atomic mass is 35.5. The van der Waals surface area contributed by atoms with Crippen molar-refractivity contribution < 1.29 is 27.4 Å². The predicted octanol–water partition coefficient (Wildman–Crippen LogP) is 3.86. The Morgan fingerprint density at radius 3 is 2.55 bits per heavy atom. The first kappa shape index (κ1) is 18.7. The van der Waals surface area contributed by atoms with E-state index >= 15 is 0 Å². The zero-order valence-corrected chi connectivity index (χ0v) is 12.4. The highest BCUT2D eigenvalue weighted by molar-refractivity contribution is 6.63. The second-order valence-corrected chi connectivity index (χ2v) is 4.85. The van der Waals surface area contributed by atoms with Crippen LogP contribution in [0.5, 0.6) is 0 Å². The van der Waals surface area contributed by atoms with Crippen LogP contribution in [0.2, 0.25) is 0 Å². The number of allylic oxidation sites excluding steroid dienone is 1. The van der Waals surface area contributed by atoms with Crippen LogP contribution in [0.25, 0.3) is 0 Å². The molecule has 0 aromatic heterocycles. The SMILES string of the molecule is O=C(Cl)CO[C@H](/C=C\C(F)(F)F)CCOCc1ccccc1. The van der Waals surface area contributed by atoms with Gasteiger partial charge in [0.2, 0.25) is 5.24 Å². The molecule has 1 rings (SSSR count). The maximum Gasteiger partial charge on any atom is 0.409 e. The normalized spacial score (nSPS) is 13.5. The fourth-order valence-corrected chi connectivity index (χ4v) is 1.65. The highest BCUT2D eigenvalue weighted by Gasteiger charge is 2.23. The molecule has 22 heavy (non-hydrogen) atoms. The summed E-state index contributed by atoms with van der Waals surface area (Å²) < 4.78 is 46.9. The van der Waals surface area contributed by atoms with E-state index in [9.17, 15) is 18.0 Å². The van der Waals surface area contributed by atoms with Crippen LogP contribution in [0.4, 0.5) is 13.2 Å². The van der Waals surface area contributed by atoms with Crippen molar-refractivity contribution in [3.63, 3.8) is 0 Å². The molecule has 1 aromatic rings. The summed E-state index contributed by atoms with van der Waals surface area (Å²) in [5.74, 6) is 0. The van der Waals surface area contributed by atoms with Gasteiger partial charge in [-0.2, -0.15) is 13.2 Å². The Morgan fingerprint density at radius 1 is 1.27 bits per heavy atom. The second-order valence-electron chi connectivity index (χ2n) is 4.43. The van der Waals surface area contributed by atoms with Crippen molar-refractivity contribution in [3.05, 3.63) is 48.0 Å². The van der Waals surface area contributed by atoms with Crippen molar-refractivity contribution in [2.75, 3.05) is 13.2 Å².